The van der Waals surface area contributed by atoms with Crippen molar-refractivity contribution in [2.75, 3.05) is 33.4 Å². The van der Waals surface area contributed by atoms with Crippen molar-refractivity contribution in [3.05, 3.63) is 0 Å². The fourth-order valence-electron chi connectivity index (χ4n) is 1.17. The van der Waals surface area contributed by atoms with E-state index in [-0.39, 0.29) is 5.60 Å². The summed E-state index contributed by atoms with van der Waals surface area (Å²) in [5.74, 6) is 0. The second kappa shape index (κ2) is 6.40. The molecule has 0 aromatic carbocycles. The Morgan fingerprint density at radius 3 is 2.58 bits per heavy atom. The van der Waals surface area contributed by atoms with Gasteiger partial charge in [0.05, 0.1) is 13.2 Å². The number of hydrogen-bond donors (Lipinski definition) is 1. The molecule has 1 aliphatic rings. The summed E-state index contributed by atoms with van der Waals surface area (Å²) in [6, 6.07) is 0. The molecule has 0 radical (unpaired) electrons. The number of rotatable bonds is 2. The molecule has 1 saturated heterocycles. The van der Waals surface area contributed by atoms with E-state index in [0.29, 0.717) is 6.61 Å². The highest BCUT2D eigenvalue weighted by Crippen LogP contribution is 2.11. The van der Waals surface area contributed by atoms with Crippen LogP contribution in [-0.4, -0.2) is 39.0 Å². The van der Waals surface area contributed by atoms with Crippen molar-refractivity contribution in [1.82, 2.24) is 5.32 Å². The van der Waals surface area contributed by atoms with Gasteiger partial charge >= 0.3 is 0 Å². The zero-order valence-electron chi connectivity index (χ0n) is 8.64. The molecule has 74 valence electrons. The summed E-state index contributed by atoms with van der Waals surface area (Å²) < 4.78 is 10.5. The average molecular weight is 175 g/mol. The van der Waals surface area contributed by atoms with Gasteiger partial charge in [0, 0.05) is 20.2 Å². The van der Waals surface area contributed by atoms with Crippen LogP contribution in [0, 0.1) is 0 Å². The van der Waals surface area contributed by atoms with Crippen molar-refractivity contribution in [2.24, 2.45) is 0 Å². The first-order valence-corrected chi connectivity index (χ1v) is 4.60. The zero-order chi connectivity index (χ0) is 9.45. The van der Waals surface area contributed by atoms with Gasteiger partial charge in [-0.3, -0.25) is 0 Å². The lowest BCUT2D eigenvalue weighted by molar-refractivity contribution is -0.0921. The lowest BCUT2D eigenvalue weighted by Gasteiger charge is -2.33. The number of methoxy groups -OCH3 is 1. The van der Waals surface area contributed by atoms with Crippen molar-refractivity contribution in [3.63, 3.8) is 0 Å². The molecular formula is C9H21NO2. The molecule has 0 amide bonds. The Morgan fingerprint density at radius 2 is 2.17 bits per heavy atom. The van der Waals surface area contributed by atoms with Gasteiger partial charge in [0.1, 0.15) is 5.60 Å². The van der Waals surface area contributed by atoms with Gasteiger partial charge in [-0.1, -0.05) is 13.8 Å². The van der Waals surface area contributed by atoms with Gasteiger partial charge < -0.3 is 14.8 Å². The summed E-state index contributed by atoms with van der Waals surface area (Å²) in [5.41, 5.74) is -0.104. The van der Waals surface area contributed by atoms with Crippen LogP contribution in [0.5, 0.6) is 0 Å². The molecule has 1 heterocycles. The van der Waals surface area contributed by atoms with E-state index in [1.807, 2.05) is 13.8 Å². The SMILES string of the molecule is CC.COCC1(C)CNCCO1. The van der Waals surface area contributed by atoms with Crippen LogP contribution in [0.4, 0.5) is 0 Å². The monoisotopic (exact) mass is 175 g/mol. The number of nitrogens with one attached hydrogen (secondary N) is 1. The Labute approximate surface area is 75.4 Å². The smallest absolute Gasteiger partial charge is 0.101 e. The highest BCUT2D eigenvalue weighted by Gasteiger charge is 2.27. The summed E-state index contributed by atoms with van der Waals surface area (Å²) in [5, 5.41) is 3.26. The molecule has 1 rings (SSSR count). The van der Waals surface area contributed by atoms with Crippen molar-refractivity contribution in [3.8, 4) is 0 Å². The van der Waals surface area contributed by atoms with Crippen LogP contribution < -0.4 is 5.32 Å². The summed E-state index contributed by atoms with van der Waals surface area (Å²) in [7, 11) is 1.70. The first kappa shape index (κ1) is 11.9. The predicted molar refractivity (Wildman–Crippen MR) is 50.5 cm³/mol. The molecule has 1 N–H and O–H groups in total. The van der Waals surface area contributed by atoms with E-state index in [2.05, 4.69) is 12.2 Å². The highest BCUT2D eigenvalue weighted by atomic mass is 16.5. The molecule has 1 fully saturated rings. The van der Waals surface area contributed by atoms with E-state index in [9.17, 15) is 0 Å². The lowest BCUT2D eigenvalue weighted by atomic mass is 10.1. The van der Waals surface area contributed by atoms with E-state index in [1.165, 1.54) is 0 Å². The van der Waals surface area contributed by atoms with Crippen molar-refractivity contribution in [2.45, 2.75) is 26.4 Å². The average Bonchev–Trinajstić information content (AvgIpc) is 2.09. The molecular weight excluding hydrogens is 154 g/mol. The first-order chi connectivity index (χ1) is 5.77. The second-order valence-corrected chi connectivity index (χ2v) is 2.91. The molecule has 0 aliphatic carbocycles. The Morgan fingerprint density at radius 1 is 1.50 bits per heavy atom. The molecule has 3 heteroatoms. The minimum absolute atomic E-state index is 0.104. The molecule has 0 aromatic heterocycles. The van der Waals surface area contributed by atoms with Gasteiger partial charge in [0.2, 0.25) is 0 Å². The van der Waals surface area contributed by atoms with Gasteiger partial charge in [0.15, 0.2) is 0 Å². The Hall–Kier alpha value is -0.120. The summed E-state index contributed by atoms with van der Waals surface area (Å²) in [4.78, 5) is 0. The maximum Gasteiger partial charge on any atom is 0.101 e. The van der Waals surface area contributed by atoms with Gasteiger partial charge in [-0.15, -0.1) is 0 Å². The van der Waals surface area contributed by atoms with Crippen LogP contribution in [0.1, 0.15) is 20.8 Å². The molecule has 0 aromatic rings. The van der Waals surface area contributed by atoms with Crippen LogP contribution in [-0.2, 0) is 9.47 Å². The van der Waals surface area contributed by atoms with E-state index in [4.69, 9.17) is 9.47 Å². The van der Waals surface area contributed by atoms with Crippen molar-refractivity contribution >= 4 is 0 Å². The molecule has 0 saturated carbocycles. The lowest BCUT2D eigenvalue weighted by Crippen LogP contribution is -2.50. The minimum Gasteiger partial charge on any atom is -0.382 e. The Bertz CT molecular complexity index is 95.2. The van der Waals surface area contributed by atoms with Crippen molar-refractivity contribution in [1.29, 1.82) is 0 Å². The summed E-state index contributed by atoms with van der Waals surface area (Å²) in [6.45, 7) is 9.36. The molecule has 12 heavy (non-hydrogen) atoms. The zero-order valence-corrected chi connectivity index (χ0v) is 8.64. The van der Waals surface area contributed by atoms with Crippen LogP contribution >= 0.6 is 0 Å². The molecule has 1 aliphatic heterocycles. The largest absolute Gasteiger partial charge is 0.382 e. The molecule has 1 atom stereocenters. The third kappa shape index (κ3) is 4.04. The standard InChI is InChI=1S/C7H15NO2.C2H6/c1-7(6-9-2)5-8-3-4-10-7;1-2/h8H,3-6H2,1-2H3;1-2H3. The summed E-state index contributed by atoms with van der Waals surface area (Å²) in [6.07, 6.45) is 0. The second-order valence-electron chi connectivity index (χ2n) is 2.91. The van der Waals surface area contributed by atoms with Crippen LogP contribution in [0.25, 0.3) is 0 Å². The van der Waals surface area contributed by atoms with Crippen LogP contribution in [0.3, 0.4) is 0 Å². The van der Waals surface area contributed by atoms with E-state index in [1.54, 1.807) is 7.11 Å². The Kier molecular flexibility index (Phi) is 6.34. The Balaban J connectivity index is 0.000000561. The van der Waals surface area contributed by atoms with Crippen LogP contribution in [0.2, 0.25) is 0 Å². The fraction of sp³-hybridized carbons (Fsp3) is 1.00. The molecule has 1 unspecified atom stereocenters. The summed E-state index contributed by atoms with van der Waals surface area (Å²) >= 11 is 0. The maximum atomic E-state index is 5.52. The molecule has 0 bridgehead atoms. The van der Waals surface area contributed by atoms with Gasteiger partial charge in [-0.05, 0) is 6.92 Å². The molecule has 3 nitrogen and oxygen atoms in total. The third-order valence-electron chi connectivity index (χ3n) is 1.68. The van der Waals surface area contributed by atoms with Gasteiger partial charge in [0.25, 0.3) is 0 Å². The first-order valence-electron chi connectivity index (χ1n) is 4.60. The van der Waals surface area contributed by atoms with E-state index in [0.717, 1.165) is 19.7 Å². The normalized spacial score (nSPS) is 29.0. The van der Waals surface area contributed by atoms with E-state index < -0.39 is 0 Å². The van der Waals surface area contributed by atoms with Crippen molar-refractivity contribution < 1.29 is 9.47 Å². The minimum atomic E-state index is -0.104. The van der Waals surface area contributed by atoms with Crippen LogP contribution in [0.15, 0.2) is 0 Å². The maximum absolute atomic E-state index is 5.52. The quantitative estimate of drug-likeness (QED) is 0.680. The fourth-order valence-corrected chi connectivity index (χ4v) is 1.17. The topological polar surface area (TPSA) is 30.5 Å². The number of hydrogen-bond acceptors (Lipinski definition) is 3. The van der Waals surface area contributed by atoms with Gasteiger partial charge in [-0.2, -0.15) is 0 Å². The number of ether oxygens (including phenoxy) is 2. The number of morpholine rings is 1. The van der Waals surface area contributed by atoms with Gasteiger partial charge in [-0.25, -0.2) is 0 Å². The van der Waals surface area contributed by atoms with E-state index >= 15 is 0 Å². The third-order valence-corrected chi connectivity index (χ3v) is 1.68. The highest BCUT2D eigenvalue weighted by molar-refractivity contribution is 4.80. The predicted octanol–water partition coefficient (Wildman–Crippen LogP) is 1.04. The molecule has 0 spiro atoms.